The molecule has 1 aliphatic carbocycles. The van der Waals surface area contributed by atoms with Gasteiger partial charge in [-0.15, -0.1) is 10.2 Å². The highest BCUT2D eigenvalue weighted by Gasteiger charge is 2.27. The molecule has 8 nitrogen and oxygen atoms in total. The number of pyridine rings is 1. The van der Waals surface area contributed by atoms with E-state index in [0.29, 0.717) is 22.6 Å². The van der Waals surface area contributed by atoms with Crippen LogP contribution in [0.15, 0.2) is 12.1 Å². The maximum atomic E-state index is 12.0. The Morgan fingerprint density at radius 2 is 2.05 bits per heavy atom. The number of hydrogen-bond acceptors (Lipinski definition) is 7. The number of anilines is 2. The summed E-state index contributed by atoms with van der Waals surface area (Å²) in [4.78, 5) is 16.1. The molecule has 2 amide bonds. The first-order valence-electron chi connectivity index (χ1n) is 6.70. The van der Waals surface area contributed by atoms with Crippen LogP contribution in [0, 0.1) is 0 Å². The topological polar surface area (TPSA) is 98.3 Å². The lowest BCUT2D eigenvalue weighted by Gasteiger charge is -2.10. The molecule has 0 bridgehead atoms. The van der Waals surface area contributed by atoms with Gasteiger partial charge in [-0.25, -0.2) is 4.79 Å². The predicted molar refractivity (Wildman–Crippen MR) is 81.9 cm³/mol. The van der Waals surface area contributed by atoms with Gasteiger partial charge in [-0.2, -0.15) is 4.98 Å². The Labute approximate surface area is 130 Å². The third-order valence-corrected chi connectivity index (χ3v) is 4.07. The van der Waals surface area contributed by atoms with Crippen molar-refractivity contribution in [3.05, 3.63) is 17.1 Å². The second-order valence-corrected chi connectivity index (χ2v) is 5.72. The summed E-state index contributed by atoms with van der Waals surface area (Å²) in [7, 11) is 2.98. The van der Waals surface area contributed by atoms with Crippen molar-refractivity contribution in [3.63, 3.8) is 0 Å². The Morgan fingerprint density at radius 3 is 2.73 bits per heavy atom. The lowest BCUT2D eigenvalue weighted by Crippen LogP contribution is -2.20. The van der Waals surface area contributed by atoms with Gasteiger partial charge in [0.05, 0.1) is 14.2 Å². The number of carbonyl (C=O) groups excluding carboxylic acids is 1. The van der Waals surface area contributed by atoms with Gasteiger partial charge in [-0.1, -0.05) is 11.3 Å². The van der Waals surface area contributed by atoms with E-state index in [0.717, 1.165) is 17.8 Å². The maximum absolute atomic E-state index is 12.0. The summed E-state index contributed by atoms with van der Waals surface area (Å²) in [6.07, 6.45) is 2.30. The van der Waals surface area contributed by atoms with Gasteiger partial charge in [-0.05, 0) is 18.9 Å². The standard InChI is InChI=1S/C13H15N5O3S/c1-20-9-6-5-8(10(15-9)21-2)14-12(19)16-13-18-17-11(22-13)7-3-4-7/h5-7H,3-4H2,1-2H3,(H2,14,16,18,19). The van der Waals surface area contributed by atoms with Gasteiger partial charge in [0.2, 0.25) is 16.9 Å². The van der Waals surface area contributed by atoms with Crippen molar-refractivity contribution in [1.29, 1.82) is 0 Å². The zero-order valence-corrected chi connectivity index (χ0v) is 12.9. The fraction of sp³-hybridized carbons (Fsp3) is 0.385. The molecule has 0 saturated heterocycles. The predicted octanol–water partition coefficient (Wildman–Crippen LogP) is 2.47. The van der Waals surface area contributed by atoms with Crippen LogP contribution in [0.4, 0.5) is 15.6 Å². The fourth-order valence-electron chi connectivity index (χ4n) is 1.82. The summed E-state index contributed by atoms with van der Waals surface area (Å²) in [6, 6.07) is 2.86. The molecule has 2 aromatic rings. The van der Waals surface area contributed by atoms with Gasteiger partial charge < -0.3 is 14.8 Å². The van der Waals surface area contributed by atoms with Crippen LogP contribution in [0.1, 0.15) is 23.8 Å². The molecule has 0 atom stereocenters. The molecule has 2 aromatic heterocycles. The summed E-state index contributed by atoms with van der Waals surface area (Å²) in [5, 5.41) is 14.8. The summed E-state index contributed by atoms with van der Waals surface area (Å²) in [5.74, 6) is 1.19. The first kappa shape index (κ1) is 14.5. The van der Waals surface area contributed by atoms with Gasteiger partial charge in [0.15, 0.2) is 0 Å². The van der Waals surface area contributed by atoms with Gasteiger partial charge in [0.25, 0.3) is 0 Å². The van der Waals surface area contributed by atoms with E-state index < -0.39 is 6.03 Å². The first-order valence-corrected chi connectivity index (χ1v) is 7.51. The molecule has 116 valence electrons. The monoisotopic (exact) mass is 321 g/mol. The van der Waals surface area contributed by atoms with Crippen LogP contribution in [0.25, 0.3) is 0 Å². The third kappa shape index (κ3) is 3.25. The number of aromatic nitrogens is 3. The summed E-state index contributed by atoms with van der Waals surface area (Å²) < 4.78 is 10.1. The van der Waals surface area contributed by atoms with E-state index in [4.69, 9.17) is 9.47 Å². The van der Waals surface area contributed by atoms with Crippen molar-refractivity contribution >= 4 is 28.2 Å². The fourth-order valence-corrected chi connectivity index (χ4v) is 2.73. The second kappa shape index (κ2) is 6.14. The molecule has 0 radical (unpaired) electrons. The largest absolute Gasteiger partial charge is 0.481 e. The van der Waals surface area contributed by atoms with E-state index in [1.807, 2.05) is 0 Å². The molecule has 1 fully saturated rings. The molecule has 3 rings (SSSR count). The van der Waals surface area contributed by atoms with Crippen LogP contribution in [-0.4, -0.2) is 35.4 Å². The Balaban J connectivity index is 1.65. The molecule has 2 N–H and O–H groups in total. The minimum Gasteiger partial charge on any atom is -0.481 e. The number of rotatable bonds is 5. The quantitative estimate of drug-likeness (QED) is 0.878. The minimum absolute atomic E-state index is 0.269. The van der Waals surface area contributed by atoms with Crippen molar-refractivity contribution in [2.24, 2.45) is 0 Å². The number of carbonyl (C=O) groups is 1. The molecule has 0 aromatic carbocycles. The molecule has 0 spiro atoms. The molecule has 2 heterocycles. The Bertz CT molecular complexity index is 686. The summed E-state index contributed by atoms with van der Waals surface area (Å²) >= 11 is 1.40. The number of hydrogen-bond donors (Lipinski definition) is 2. The molecule has 0 unspecified atom stereocenters. The molecular formula is C13H15N5O3S. The van der Waals surface area contributed by atoms with E-state index in [2.05, 4.69) is 25.8 Å². The van der Waals surface area contributed by atoms with Crippen LogP contribution < -0.4 is 20.1 Å². The van der Waals surface area contributed by atoms with E-state index in [1.165, 1.54) is 25.6 Å². The van der Waals surface area contributed by atoms with Crippen LogP contribution >= 0.6 is 11.3 Å². The van der Waals surface area contributed by atoms with E-state index in [1.54, 1.807) is 12.1 Å². The molecule has 22 heavy (non-hydrogen) atoms. The molecule has 9 heteroatoms. The van der Waals surface area contributed by atoms with Gasteiger partial charge in [0, 0.05) is 12.0 Å². The highest BCUT2D eigenvalue weighted by atomic mass is 32.1. The van der Waals surface area contributed by atoms with Crippen molar-refractivity contribution in [2.45, 2.75) is 18.8 Å². The molecular weight excluding hydrogens is 306 g/mol. The summed E-state index contributed by atoms with van der Waals surface area (Å²) in [5.41, 5.74) is 0.438. The number of methoxy groups -OCH3 is 2. The molecule has 1 aliphatic rings. The zero-order chi connectivity index (χ0) is 15.5. The number of ether oxygens (including phenoxy) is 2. The van der Waals surface area contributed by atoms with Crippen LogP contribution in [-0.2, 0) is 0 Å². The third-order valence-electron chi connectivity index (χ3n) is 3.07. The number of nitrogens with zero attached hydrogens (tertiary/aromatic N) is 3. The van der Waals surface area contributed by atoms with E-state index >= 15 is 0 Å². The van der Waals surface area contributed by atoms with E-state index in [9.17, 15) is 4.79 Å². The molecule has 1 saturated carbocycles. The van der Waals surface area contributed by atoms with Crippen molar-refractivity contribution in [3.8, 4) is 11.8 Å². The maximum Gasteiger partial charge on any atom is 0.325 e. The average molecular weight is 321 g/mol. The lowest BCUT2D eigenvalue weighted by atomic mass is 10.4. The van der Waals surface area contributed by atoms with Crippen LogP contribution in [0.2, 0.25) is 0 Å². The number of amides is 2. The smallest absolute Gasteiger partial charge is 0.325 e. The average Bonchev–Trinajstić information content (AvgIpc) is 3.28. The highest BCUT2D eigenvalue weighted by Crippen LogP contribution is 2.42. The zero-order valence-electron chi connectivity index (χ0n) is 12.1. The Morgan fingerprint density at radius 1 is 1.23 bits per heavy atom. The van der Waals surface area contributed by atoms with Crippen molar-refractivity contribution in [1.82, 2.24) is 15.2 Å². The normalized spacial score (nSPS) is 13.5. The second-order valence-electron chi connectivity index (χ2n) is 4.71. The Hall–Kier alpha value is -2.42. The highest BCUT2D eigenvalue weighted by molar-refractivity contribution is 7.15. The number of urea groups is 1. The van der Waals surface area contributed by atoms with Crippen molar-refractivity contribution in [2.75, 3.05) is 24.9 Å². The summed E-state index contributed by atoms with van der Waals surface area (Å²) in [6.45, 7) is 0. The molecule has 0 aliphatic heterocycles. The Kier molecular flexibility index (Phi) is 4.05. The van der Waals surface area contributed by atoms with Crippen LogP contribution in [0.3, 0.4) is 0 Å². The SMILES string of the molecule is COc1ccc(NC(=O)Nc2nnc(C3CC3)s2)c(OC)n1. The van der Waals surface area contributed by atoms with Gasteiger partial charge in [-0.3, -0.25) is 5.32 Å². The van der Waals surface area contributed by atoms with Crippen molar-refractivity contribution < 1.29 is 14.3 Å². The van der Waals surface area contributed by atoms with Gasteiger partial charge >= 0.3 is 6.03 Å². The lowest BCUT2D eigenvalue weighted by molar-refractivity contribution is 0.262. The van der Waals surface area contributed by atoms with Gasteiger partial charge in [0.1, 0.15) is 10.7 Å². The minimum atomic E-state index is -0.427. The first-order chi connectivity index (χ1) is 10.7. The number of nitrogens with one attached hydrogen (secondary N) is 2. The van der Waals surface area contributed by atoms with Crippen LogP contribution in [0.5, 0.6) is 11.8 Å². The van der Waals surface area contributed by atoms with E-state index in [-0.39, 0.29) is 5.88 Å².